The molecule has 0 aliphatic carbocycles. The first kappa shape index (κ1) is 9.53. The van der Waals surface area contributed by atoms with Gasteiger partial charge in [-0.2, -0.15) is 13.8 Å². The fourth-order valence-electron chi connectivity index (χ4n) is 0.600. The van der Waals surface area contributed by atoms with Gasteiger partial charge in [0.05, 0.1) is 0 Å². The van der Waals surface area contributed by atoms with E-state index in [1.807, 2.05) is 0 Å². The van der Waals surface area contributed by atoms with Crippen LogP contribution in [0.2, 0.25) is 0 Å². The van der Waals surface area contributed by atoms with E-state index in [0.29, 0.717) is 13.0 Å². The normalized spacial score (nSPS) is 12.0. The lowest BCUT2D eigenvalue weighted by atomic mass is 10.4. The van der Waals surface area contributed by atoms with Crippen molar-refractivity contribution in [2.45, 2.75) is 11.3 Å². The van der Waals surface area contributed by atoms with E-state index >= 15 is 0 Å². The minimum atomic E-state index is -3.26. The summed E-state index contributed by atoms with van der Waals surface area (Å²) in [5, 5.41) is 3.30. The van der Waals surface area contributed by atoms with Gasteiger partial charge in [-0.3, -0.25) is 0 Å². The maximum absolute atomic E-state index is 12.4. The molecule has 1 aromatic heterocycles. The molecule has 0 fully saturated rings. The van der Waals surface area contributed by atoms with E-state index in [-0.39, 0.29) is 5.82 Å². The van der Waals surface area contributed by atoms with Gasteiger partial charge in [0.1, 0.15) is 0 Å². The number of aromatic nitrogens is 2. The van der Waals surface area contributed by atoms with Gasteiger partial charge in [-0.05, 0) is 6.54 Å². The zero-order valence-electron chi connectivity index (χ0n) is 5.93. The number of nitrogens with zero attached hydrogens (tertiary/aromatic N) is 2. The van der Waals surface area contributed by atoms with E-state index in [4.69, 9.17) is 5.73 Å². The Bertz CT molecular complexity index is 259. The molecule has 0 spiro atoms. The molecule has 0 atom stereocenters. The molecular weight excluding hydrogens is 236 g/mol. The molecule has 0 bridgehead atoms. The van der Waals surface area contributed by atoms with Gasteiger partial charge in [0.2, 0.25) is 0 Å². The highest BCUT2D eigenvalue weighted by Gasteiger charge is 2.34. The molecule has 2 N–H and O–H groups in total. The first-order chi connectivity index (χ1) is 5.54. The van der Waals surface area contributed by atoms with Crippen molar-refractivity contribution < 1.29 is 13.3 Å². The molecule has 1 heterocycles. The number of halogens is 3. The molecule has 7 heteroatoms. The fraction of sp³-hybridized carbons (Fsp3) is 0.600. The molecule has 0 amide bonds. The molecule has 0 aromatic carbocycles. The van der Waals surface area contributed by atoms with E-state index in [1.165, 1.54) is 0 Å². The molecule has 0 saturated carbocycles. The van der Waals surface area contributed by atoms with Crippen LogP contribution in [0.1, 0.15) is 11.7 Å². The Balaban J connectivity index is 2.77. The summed E-state index contributed by atoms with van der Waals surface area (Å²) in [4.78, 5) is 0.160. The zero-order chi connectivity index (χ0) is 9.19. The summed E-state index contributed by atoms with van der Waals surface area (Å²) >= 11 is 2.09. The average molecular weight is 242 g/mol. The number of hydrogen-bond donors (Lipinski definition) is 1. The molecule has 0 saturated heterocycles. The topological polar surface area (TPSA) is 64.9 Å². The Labute approximate surface area is 75.2 Å². The van der Waals surface area contributed by atoms with Crippen molar-refractivity contribution >= 4 is 15.9 Å². The Morgan fingerprint density at radius 2 is 2.25 bits per heavy atom. The van der Waals surface area contributed by atoms with Crippen LogP contribution in [0.5, 0.6) is 0 Å². The lowest BCUT2D eigenvalue weighted by Gasteiger charge is -1.98. The quantitative estimate of drug-likeness (QED) is 0.803. The first-order valence-corrected chi connectivity index (χ1v) is 3.93. The molecule has 68 valence electrons. The van der Waals surface area contributed by atoms with Crippen LogP contribution >= 0.6 is 15.9 Å². The molecule has 4 nitrogen and oxygen atoms in total. The third-order valence-electron chi connectivity index (χ3n) is 1.08. The van der Waals surface area contributed by atoms with Crippen LogP contribution in [0.3, 0.4) is 0 Å². The summed E-state index contributed by atoms with van der Waals surface area (Å²) in [5.41, 5.74) is 5.16. The molecule has 1 aromatic rings. The minimum Gasteiger partial charge on any atom is -0.332 e. The molecule has 0 unspecified atom stereocenters. The predicted octanol–water partition coefficient (Wildman–Crippen LogP) is 1.01. The van der Waals surface area contributed by atoms with Crippen LogP contribution in [0.15, 0.2) is 4.52 Å². The van der Waals surface area contributed by atoms with Crippen molar-refractivity contribution in [2.24, 2.45) is 5.73 Å². The van der Waals surface area contributed by atoms with E-state index in [0.717, 1.165) is 0 Å². The van der Waals surface area contributed by atoms with Gasteiger partial charge in [-0.25, -0.2) is 0 Å². The lowest BCUT2D eigenvalue weighted by molar-refractivity contribution is 0.0725. The smallest absolute Gasteiger partial charge is 0.332 e. The third-order valence-corrected chi connectivity index (χ3v) is 1.42. The minimum absolute atomic E-state index is 0.187. The Kier molecular flexibility index (Phi) is 2.73. The number of hydrogen-bond acceptors (Lipinski definition) is 4. The summed E-state index contributed by atoms with van der Waals surface area (Å²) in [6.07, 6.45) is 0.326. The van der Waals surface area contributed by atoms with Crippen molar-refractivity contribution in [2.75, 3.05) is 6.54 Å². The Morgan fingerprint density at radius 3 is 2.67 bits per heavy atom. The molecule has 1 rings (SSSR count). The van der Waals surface area contributed by atoms with Crippen molar-refractivity contribution in [1.82, 2.24) is 10.1 Å². The SMILES string of the molecule is NCCc1noc(C(F)(F)Br)n1. The molecule has 12 heavy (non-hydrogen) atoms. The molecule has 0 aliphatic rings. The summed E-state index contributed by atoms with van der Waals surface area (Å²) in [6.45, 7) is 0.298. The van der Waals surface area contributed by atoms with E-state index in [1.54, 1.807) is 0 Å². The van der Waals surface area contributed by atoms with Gasteiger partial charge in [0.15, 0.2) is 5.82 Å². The van der Waals surface area contributed by atoms with Crippen LogP contribution in [0, 0.1) is 0 Å². The standard InChI is InChI=1S/C5H6BrF2N3O/c6-5(7,8)4-10-3(1-2-9)11-12-4/h1-2,9H2. The van der Waals surface area contributed by atoms with Crippen molar-refractivity contribution in [3.63, 3.8) is 0 Å². The summed E-state index contributed by atoms with van der Waals surface area (Å²) < 4.78 is 29.1. The zero-order valence-corrected chi connectivity index (χ0v) is 7.51. The Morgan fingerprint density at radius 1 is 1.58 bits per heavy atom. The van der Waals surface area contributed by atoms with E-state index < -0.39 is 10.7 Å². The van der Waals surface area contributed by atoms with Gasteiger partial charge in [0, 0.05) is 22.4 Å². The lowest BCUT2D eigenvalue weighted by Crippen LogP contribution is -2.06. The maximum Gasteiger partial charge on any atom is 0.378 e. The van der Waals surface area contributed by atoms with Crippen LogP contribution in [0.25, 0.3) is 0 Å². The average Bonchev–Trinajstić information content (AvgIpc) is 2.35. The van der Waals surface area contributed by atoms with Gasteiger partial charge in [0.25, 0.3) is 0 Å². The second kappa shape index (κ2) is 3.44. The number of nitrogens with two attached hydrogens (primary N) is 1. The van der Waals surface area contributed by atoms with E-state index in [2.05, 4.69) is 30.6 Å². The third kappa shape index (κ3) is 2.21. The largest absolute Gasteiger partial charge is 0.378 e. The van der Waals surface area contributed by atoms with Crippen molar-refractivity contribution in [1.29, 1.82) is 0 Å². The highest BCUT2D eigenvalue weighted by molar-refractivity contribution is 9.09. The van der Waals surface area contributed by atoms with Gasteiger partial charge in [-0.1, -0.05) is 5.16 Å². The predicted molar refractivity (Wildman–Crippen MR) is 39.9 cm³/mol. The van der Waals surface area contributed by atoms with Crippen LogP contribution < -0.4 is 5.73 Å². The first-order valence-electron chi connectivity index (χ1n) is 3.14. The number of alkyl halides is 3. The molecular formula is C5H6BrF2N3O. The number of rotatable bonds is 3. The molecule has 0 radical (unpaired) electrons. The summed E-state index contributed by atoms with van der Waals surface area (Å²) in [7, 11) is 0. The van der Waals surface area contributed by atoms with Crippen LogP contribution in [-0.4, -0.2) is 16.7 Å². The van der Waals surface area contributed by atoms with Crippen LogP contribution in [-0.2, 0) is 11.3 Å². The van der Waals surface area contributed by atoms with Crippen molar-refractivity contribution in [3.8, 4) is 0 Å². The summed E-state index contributed by atoms with van der Waals surface area (Å²) in [6, 6.07) is 0. The van der Waals surface area contributed by atoms with Crippen molar-refractivity contribution in [3.05, 3.63) is 11.7 Å². The summed E-state index contributed by atoms with van der Waals surface area (Å²) in [5.74, 6) is -0.558. The highest BCUT2D eigenvalue weighted by Crippen LogP contribution is 2.32. The second-order valence-electron chi connectivity index (χ2n) is 2.05. The molecule has 0 aliphatic heterocycles. The van der Waals surface area contributed by atoms with Gasteiger partial charge >= 0.3 is 10.7 Å². The van der Waals surface area contributed by atoms with Crippen LogP contribution in [0.4, 0.5) is 8.78 Å². The van der Waals surface area contributed by atoms with Gasteiger partial charge < -0.3 is 10.3 Å². The highest BCUT2D eigenvalue weighted by atomic mass is 79.9. The Hall–Kier alpha value is -0.560. The fourth-order valence-corrected chi connectivity index (χ4v) is 0.761. The monoisotopic (exact) mass is 241 g/mol. The van der Waals surface area contributed by atoms with Gasteiger partial charge in [-0.15, -0.1) is 0 Å². The second-order valence-corrected chi connectivity index (χ2v) is 3.05. The maximum atomic E-state index is 12.4. The van der Waals surface area contributed by atoms with E-state index in [9.17, 15) is 8.78 Å².